The zero-order chi connectivity index (χ0) is 19.8. The topological polar surface area (TPSA) is 45.2 Å². The fraction of sp³-hybridized carbons (Fsp3) is 0.400. The smallest absolute Gasteiger partial charge is 0.127 e. The molecule has 28 heavy (non-hydrogen) atoms. The minimum atomic E-state index is -0.0190. The number of fused-ring (bicyclic) bond motifs is 1. The van der Waals surface area contributed by atoms with Gasteiger partial charge in [0.1, 0.15) is 5.75 Å². The van der Waals surface area contributed by atoms with Crippen molar-refractivity contribution >= 4 is 10.9 Å². The molecule has 1 heterocycles. The predicted molar refractivity (Wildman–Crippen MR) is 121 cm³/mol. The molecule has 2 aromatic carbocycles. The summed E-state index contributed by atoms with van der Waals surface area (Å²) in [6, 6.07) is 14.4. The number of nitrogens with one attached hydrogen (secondary N) is 1. The quantitative estimate of drug-likeness (QED) is 0.552. The molecule has 3 rings (SSSR count). The molecular formula is C25H34N2O. The van der Waals surface area contributed by atoms with Gasteiger partial charge in [0.2, 0.25) is 0 Å². The number of nitrogens with zero attached hydrogens (tertiary/aromatic N) is 1. The molecule has 0 saturated carbocycles. The first-order valence-electron chi connectivity index (χ1n) is 9.51. The van der Waals surface area contributed by atoms with E-state index in [0.717, 1.165) is 27.6 Å². The third-order valence-electron chi connectivity index (χ3n) is 4.77. The van der Waals surface area contributed by atoms with E-state index >= 15 is 0 Å². The van der Waals surface area contributed by atoms with Crippen LogP contribution in [0.25, 0.3) is 22.0 Å². The van der Waals surface area contributed by atoms with E-state index in [1.165, 1.54) is 5.56 Å². The van der Waals surface area contributed by atoms with Crippen molar-refractivity contribution in [3.63, 3.8) is 0 Å². The lowest BCUT2D eigenvalue weighted by Gasteiger charge is -2.25. The van der Waals surface area contributed by atoms with Gasteiger partial charge in [0.15, 0.2) is 0 Å². The molecule has 3 aromatic rings. The first-order valence-corrected chi connectivity index (χ1v) is 9.51. The molecule has 0 radical (unpaired) electrons. The number of rotatable bonds is 3. The average Bonchev–Trinajstić information content (AvgIpc) is 2.58. The Morgan fingerprint density at radius 2 is 1.64 bits per heavy atom. The van der Waals surface area contributed by atoms with Crippen LogP contribution < -0.4 is 5.32 Å². The maximum absolute atomic E-state index is 11.0. The number of phenols is 1. The summed E-state index contributed by atoms with van der Waals surface area (Å²) >= 11 is 0. The lowest BCUT2D eigenvalue weighted by atomic mass is 9.83. The highest BCUT2D eigenvalue weighted by molar-refractivity contribution is 5.85. The number of pyridine rings is 1. The Kier molecular flexibility index (Phi) is 6.20. The molecule has 0 unspecified atom stereocenters. The number of hydrogen-bond donors (Lipinski definition) is 2. The van der Waals surface area contributed by atoms with Crippen LogP contribution in [0.15, 0.2) is 48.7 Å². The summed E-state index contributed by atoms with van der Waals surface area (Å²) in [6.07, 6.45) is 1.85. The van der Waals surface area contributed by atoms with Crippen LogP contribution in [0.1, 0.15) is 60.1 Å². The molecule has 0 amide bonds. The van der Waals surface area contributed by atoms with E-state index in [0.29, 0.717) is 12.3 Å². The molecule has 0 aliphatic rings. The van der Waals surface area contributed by atoms with E-state index in [4.69, 9.17) is 0 Å². The Morgan fingerprint density at radius 3 is 2.29 bits per heavy atom. The van der Waals surface area contributed by atoms with E-state index in [-0.39, 0.29) is 18.4 Å². The molecule has 1 aromatic heterocycles. The maximum atomic E-state index is 11.0. The number of hydrogen-bond acceptors (Lipinski definition) is 3. The highest BCUT2D eigenvalue weighted by Gasteiger charge is 2.20. The van der Waals surface area contributed by atoms with Crippen molar-refractivity contribution in [2.24, 2.45) is 0 Å². The summed E-state index contributed by atoms with van der Waals surface area (Å²) in [5.41, 5.74) is 4.83. The molecule has 0 atom stereocenters. The molecule has 3 nitrogen and oxygen atoms in total. The van der Waals surface area contributed by atoms with Crippen molar-refractivity contribution in [2.45, 2.75) is 66.5 Å². The van der Waals surface area contributed by atoms with Crippen LogP contribution in [0, 0.1) is 0 Å². The maximum Gasteiger partial charge on any atom is 0.127 e. The van der Waals surface area contributed by atoms with Crippen LogP contribution in [-0.2, 0) is 12.0 Å². The summed E-state index contributed by atoms with van der Waals surface area (Å²) in [6.45, 7) is 13.6. The Labute approximate surface area is 169 Å². The molecule has 0 spiro atoms. The Morgan fingerprint density at radius 1 is 0.964 bits per heavy atom. The third-order valence-corrected chi connectivity index (χ3v) is 4.77. The van der Waals surface area contributed by atoms with Gasteiger partial charge in [-0.3, -0.25) is 4.98 Å². The van der Waals surface area contributed by atoms with E-state index in [2.05, 4.69) is 76.1 Å². The molecule has 2 N–H and O–H groups in total. The van der Waals surface area contributed by atoms with Gasteiger partial charge >= 0.3 is 0 Å². The van der Waals surface area contributed by atoms with Crippen LogP contribution in [0.5, 0.6) is 5.75 Å². The Balaban J connectivity index is 0.00000280. The number of para-hydroxylation sites is 1. The summed E-state index contributed by atoms with van der Waals surface area (Å²) in [7, 11) is 0. The van der Waals surface area contributed by atoms with Gasteiger partial charge in [-0.2, -0.15) is 0 Å². The van der Waals surface area contributed by atoms with Crippen molar-refractivity contribution in [3.8, 4) is 16.9 Å². The zero-order valence-corrected chi connectivity index (χ0v) is 17.2. The standard InChI is InChI=1S/C24H30N2O.CH4/c1-23(2,3)19-12-18(15-26-24(4,5)6)22(27)20(13-19)17-11-16-9-7-8-10-21(16)25-14-17;/h7-14,26-27H,15H2,1-6H3;1H4. The van der Waals surface area contributed by atoms with Crippen molar-refractivity contribution in [1.29, 1.82) is 0 Å². The van der Waals surface area contributed by atoms with Crippen molar-refractivity contribution in [1.82, 2.24) is 10.3 Å². The molecule has 0 aliphatic heterocycles. The van der Waals surface area contributed by atoms with Gasteiger partial charge in [-0.05, 0) is 49.9 Å². The van der Waals surface area contributed by atoms with Gasteiger partial charge in [-0.1, -0.05) is 52.5 Å². The molecule has 0 bridgehead atoms. The average molecular weight is 379 g/mol. The lowest BCUT2D eigenvalue weighted by molar-refractivity contribution is 0.411. The fourth-order valence-electron chi connectivity index (χ4n) is 3.06. The third kappa shape index (κ3) is 4.90. The van der Waals surface area contributed by atoms with E-state index in [1.807, 2.05) is 24.4 Å². The van der Waals surface area contributed by atoms with Crippen molar-refractivity contribution in [3.05, 3.63) is 59.8 Å². The first-order chi connectivity index (χ1) is 12.5. The normalized spacial score (nSPS) is 12.1. The van der Waals surface area contributed by atoms with Crippen molar-refractivity contribution < 1.29 is 5.11 Å². The van der Waals surface area contributed by atoms with Crippen LogP contribution in [0.4, 0.5) is 0 Å². The second kappa shape index (κ2) is 7.92. The van der Waals surface area contributed by atoms with E-state index in [9.17, 15) is 5.11 Å². The lowest BCUT2D eigenvalue weighted by Crippen LogP contribution is -2.35. The molecule has 0 aliphatic carbocycles. The van der Waals surface area contributed by atoms with E-state index < -0.39 is 0 Å². The minimum absolute atomic E-state index is 0. The van der Waals surface area contributed by atoms with Gasteiger partial charge in [0.25, 0.3) is 0 Å². The van der Waals surface area contributed by atoms with Crippen LogP contribution in [0.3, 0.4) is 0 Å². The summed E-state index contributed by atoms with van der Waals surface area (Å²) in [5.74, 6) is 0.330. The molecule has 0 fully saturated rings. The van der Waals surface area contributed by atoms with E-state index in [1.54, 1.807) is 0 Å². The molecule has 150 valence electrons. The minimum Gasteiger partial charge on any atom is -0.507 e. The first kappa shape index (κ1) is 21.9. The largest absolute Gasteiger partial charge is 0.507 e. The predicted octanol–water partition coefficient (Wildman–Crippen LogP) is 6.43. The SMILES string of the molecule is C.CC(C)(C)NCc1cc(C(C)(C)C)cc(-c2cnc3ccccc3c2)c1O. The number of aromatic hydroxyl groups is 1. The Hall–Kier alpha value is -2.39. The van der Waals surface area contributed by atoms with Crippen LogP contribution >= 0.6 is 0 Å². The van der Waals surface area contributed by atoms with Crippen LogP contribution in [-0.4, -0.2) is 15.6 Å². The fourth-order valence-corrected chi connectivity index (χ4v) is 3.06. The van der Waals surface area contributed by atoms with Crippen LogP contribution in [0.2, 0.25) is 0 Å². The molecular weight excluding hydrogens is 344 g/mol. The summed E-state index contributed by atoms with van der Waals surface area (Å²) in [4.78, 5) is 4.58. The number of phenolic OH excluding ortho intramolecular Hbond substituents is 1. The summed E-state index contributed by atoms with van der Waals surface area (Å²) in [5, 5.41) is 15.6. The van der Waals surface area contributed by atoms with Crippen molar-refractivity contribution in [2.75, 3.05) is 0 Å². The van der Waals surface area contributed by atoms with Gasteiger partial charge in [-0.25, -0.2) is 0 Å². The molecule has 3 heteroatoms. The molecule has 0 saturated heterocycles. The van der Waals surface area contributed by atoms with Gasteiger partial charge in [0.05, 0.1) is 5.52 Å². The van der Waals surface area contributed by atoms with Gasteiger partial charge in [0, 0.05) is 40.4 Å². The van der Waals surface area contributed by atoms with Gasteiger partial charge in [-0.15, -0.1) is 0 Å². The highest BCUT2D eigenvalue weighted by Crippen LogP contribution is 2.38. The Bertz CT molecular complexity index is 962. The summed E-state index contributed by atoms with van der Waals surface area (Å²) < 4.78 is 0. The number of benzene rings is 2. The monoisotopic (exact) mass is 378 g/mol. The van der Waals surface area contributed by atoms with Gasteiger partial charge < -0.3 is 10.4 Å². The zero-order valence-electron chi connectivity index (χ0n) is 17.2. The second-order valence-corrected chi connectivity index (χ2v) is 9.30. The second-order valence-electron chi connectivity index (χ2n) is 9.30. The number of aromatic nitrogens is 1. The highest BCUT2D eigenvalue weighted by atomic mass is 16.3.